The van der Waals surface area contributed by atoms with Gasteiger partial charge in [0.1, 0.15) is 0 Å². The molecule has 1 rings (SSSR count). The first-order valence-electron chi connectivity index (χ1n) is 5.95. The van der Waals surface area contributed by atoms with Gasteiger partial charge in [-0.2, -0.15) is 0 Å². The molecule has 0 fully saturated rings. The van der Waals surface area contributed by atoms with Crippen LogP contribution in [-0.2, 0) is 6.42 Å². The largest absolute Gasteiger partial charge is 0.338 e. The zero-order chi connectivity index (χ0) is 12.7. The molecule has 0 bridgehead atoms. The van der Waals surface area contributed by atoms with E-state index in [0.29, 0.717) is 6.54 Å². The van der Waals surface area contributed by atoms with E-state index in [1.807, 2.05) is 38.1 Å². The number of halogens is 1. The molecule has 0 spiro atoms. The van der Waals surface area contributed by atoms with E-state index in [1.54, 1.807) is 4.90 Å². The van der Waals surface area contributed by atoms with E-state index in [1.165, 1.54) is 0 Å². The SMILES string of the molecule is CCN(CC)C(=O)NCCc1ccccc1Cl. The van der Waals surface area contributed by atoms with Gasteiger partial charge in [-0.1, -0.05) is 29.8 Å². The van der Waals surface area contributed by atoms with Gasteiger partial charge in [-0.05, 0) is 31.9 Å². The lowest BCUT2D eigenvalue weighted by Gasteiger charge is -2.19. The summed E-state index contributed by atoms with van der Waals surface area (Å²) < 4.78 is 0. The molecule has 0 radical (unpaired) electrons. The summed E-state index contributed by atoms with van der Waals surface area (Å²) in [5.41, 5.74) is 1.06. The Morgan fingerprint density at radius 1 is 1.29 bits per heavy atom. The van der Waals surface area contributed by atoms with Crippen molar-refractivity contribution in [3.8, 4) is 0 Å². The second-order valence-electron chi connectivity index (χ2n) is 3.75. The van der Waals surface area contributed by atoms with Gasteiger partial charge in [0.25, 0.3) is 0 Å². The molecule has 2 amide bonds. The highest BCUT2D eigenvalue weighted by molar-refractivity contribution is 6.31. The van der Waals surface area contributed by atoms with E-state index in [4.69, 9.17) is 11.6 Å². The van der Waals surface area contributed by atoms with Crippen molar-refractivity contribution in [3.05, 3.63) is 34.9 Å². The van der Waals surface area contributed by atoms with Gasteiger partial charge in [0.15, 0.2) is 0 Å². The third-order valence-corrected chi connectivity index (χ3v) is 3.05. The normalized spacial score (nSPS) is 10.1. The summed E-state index contributed by atoms with van der Waals surface area (Å²) in [6, 6.07) is 7.69. The monoisotopic (exact) mass is 254 g/mol. The lowest BCUT2D eigenvalue weighted by atomic mass is 10.1. The Balaban J connectivity index is 2.38. The number of urea groups is 1. The fourth-order valence-corrected chi connectivity index (χ4v) is 1.86. The van der Waals surface area contributed by atoms with Gasteiger partial charge in [-0.25, -0.2) is 4.79 Å². The van der Waals surface area contributed by atoms with Gasteiger partial charge < -0.3 is 10.2 Å². The number of rotatable bonds is 5. The quantitative estimate of drug-likeness (QED) is 0.861. The number of hydrogen-bond acceptors (Lipinski definition) is 1. The maximum absolute atomic E-state index is 11.7. The molecule has 0 unspecified atom stereocenters. The molecule has 0 aliphatic rings. The number of benzene rings is 1. The zero-order valence-electron chi connectivity index (χ0n) is 10.4. The highest BCUT2D eigenvalue weighted by Crippen LogP contribution is 2.14. The Morgan fingerprint density at radius 3 is 2.53 bits per heavy atom. The molecule has 94 valence electrons. The summed E-state index contributed by atoms with van der Waals surface area (Å²) in [5.74, 6) is 0. The first kappa shape index (κ1) is 13.8. The molecule has 0 atom stereocenters. The molecule has 0 saturated heterocycles. The van der Waals surface area contributed by atoms with Crippen molar-refractivity contribution in [3.63, 3.8) is 0 Å². The number of hydrogen-bond donors (Lipinski definition) is 1. The Morgan fingerprint density at radius 2 is 1.94 bits per heavy atom. The third-order valence-electron chi connectivity index (χ3n) is 2.68. The number of nitrogens with one attached hydrogen (secondary N) is 1. The van der Waals surface area contributed by atoms with Gasteiger partial charge in [-0.15, -0.1) is 0 Å². The first-order chi connectivity index (χ1) is 8.19. The second-order valence-corrected chi connectivity index (χ2v) is 4.15. The molecule has 1 aromatic carbocycles. The van der Waals surface area contributed by atoms with E-state index in [9.17, 15) is 4.79 Å². The average Bonchev–Trinajstić information content (AvgIpc) is 2.33. The van der Waals surface area contributed by atoms with Crippen LogP contribution < -0.4 is 5.32 Å². The van der Waals surface area contributed by atoms with Crippen LogP contribution in [0.4, 0.5) is 4.79 Å². The molecule has 0 aromatic heterocycles. The second kappa shape index (κ2) is 7.17. The maximum atomic E-state index is 11.7. The van der Waals surface area contributed by atoms with Crippen molar-refractivity contribution >= 4 is 17.6 Å². The fraction of sp³-hybridized carbons (Fsp3) is 0.462. The van der Waals surface area contributed by atoms with Gasteiger partial charge in [-0.3, -0.25) is 0 Å². The van der Waals surface area contributed by atoms with Crippen molar-refractivity contribution in [2.45, 2.75) is 20.3 Å². The molecular weight excluding hydrogens is 236 g/mol. The van der Waals surface area contributed by atoms with Crippen molar-refractivity contribution < 1.29 is 4.79 Å². The van der Waals surface area contributed by atoms with Crippen LogP contribution in [0.2, 0.25) is 5.02 Å². The zero-order valence-corrected chi connectivity index (χ0v) is 11.1. The van der Waals surface area contributed by atoms with Crippen LogP contribution in [0.15, 0.2) is 24.3 Å². The number of carbonyl (C=O) groups excluding carboxylic acids is 1. The summed E-state index contributed by atoms with van der Waals surface area (Å²) in [6.45, 7) is 6.01. The van der Waals surface area contributed by atoms with Gasteiger partial charge in [0, 0.05) is 24.7 Å². The van der Waals surface area contributed by atoms with Crippen LogP contribution >= 0.6 is 11.6 Å². The Bertz CT molecular complexity index is 364. The Hall–Kier alpha value is -1.22. The molecule has 0 saturated carbocycles. The molecule has 1 aromatic rings. The van der Waals surface area contributed by atoms with Crippen LogP contribution in [0.1, 0.15) is 19.4 Å². The van der Waals surface area contributed by atoms with E-state index < -0.39 is 0 Å². The summed E-state index contributed by atoms with van der Waals surface area (Å²) in [6.07, 6.45) is 0.757. The van der Waals surface area contributed by atoms with Gasteiger partial charge >= 0.3 is 6.03 Å². The maximum Gasteiger partial charge on any atom is 0.317 e. The molecular formula is C13H19ClN2O. The van der Waals surface area contributed by atoms with Crippen molar-refractivity contribution in [1.29, 1.82) is 0 Å². The van der Waals surface area contributed by atoms with Crippen molar-refractivity contribution in [2.75, 3.05) is 19.6 Å². The minimum atomic E-state index is -0.0120. The minimum Gasteiger partial charge on any atom is -0.338 e. The predicted molar refractivity (Wildman–Crippen MR) is 71.5 cm³/mol. The van der Waals surface area contributed by atoms with Crippen LogP contribution in [0, 0.1) is 0 Å². The van der Waals surface area contributed by atoms with E-state index in [0.717, 1.165) is 30.1 Å². The molecule has 3 nitrogen and oxygen atoms in total. The number of amides is 2. The van der Waals surface area contributed by atoms with E-state index in [-0.39, 0.29) is 6.03 Å². The first-order valence-corrected chi connectivity index (χ1v) is 6.33. The predicted octanol–water partition coefficient (Wildman–Crippen LogP) is 2.93. The highest BCUT2D eigenvalue weighted by atomic mass is 35.5. The highest BCUT2D eigenvalue weighted by Gasteiger charge is 2.08. The van der Waals surface area contributed by atoms with Crippen LogP contribution in [-0.4, -0.2) is 30.6 Å². The smallest absolute Gasteiger partial charge is 0.317 e. The van der Waals surface area contributed by atoms with Crippen LogP contribution in [0.25, 0.3) is 0 Å². The van der Waals surface area contributed by atoms with Gasteiger partial charge in [0.05, 0.1) is 0 Å². The summed E-state index contributed by atoms with van der Waals surface area (Å²) in [4.78, 5) is 13.4. The fourth-order valence-electron chi connectivity index (χ4n) is 1.63. The molecule has 0 heterocycles. The van der Waals surface area contributed by atoms with Crippen LogP contribution in [0.3, 0.4) is 0 Å². The van der Waals surface area contributed by atoms with Gasteiger partial charge in [0.2, 0.25) is 0 Å². The summed E-state index contributed by atoms with van der Waals surface area (Å²) in [7, 11) is 0. The molecule has 1 N–H and O–H groups in total. The third kappa shape index (κ3) is 4.27. The van der Waals surface area contributed by atoms with Crippen molar-refractivity contribution in [2.24, 2.45) is 0 Å². The lowest BCUT2D eigenvalue weighted by Crippen LogP contribution is -2.40. The van der Waals surface area contributed by atoms with Crippen LogP contribution in [0.5, 0.6) is 0 Å². The summed E-state index contributed by atoms with van der Waals surface area (Å²) in [5, 5.41) is 3.64. The summed E-state index contributed by atoms with van der Waals surface area (Å²) >= 11 is 6.03. The topological polar surface area (TPSA) is 32.3 Å². The standard InChI is InChI=1S/C13H19ClN2O/c1-3-16(4-2)13(17)15-10-9-11-7-5-6-8-12(11)14/h5-8H,3-4,9-10H2,1-2H3,(H,15,17). The Kier molecular flexibility index (Phi) is 5.84. The average molecular weight is 255 g/mol. The molecule has 0 aliphatic carbocycles. The molecule has 17 heavy (non-hydrogen) atoms. The van der Waals surface area contributed by atoms with E-state index in [2.05, 4.69) is 5.32 Å². The number of carbonyl (C=O) groups is 1. The molecule has 0 aliphatic heterocycles. The molecule has 4 heteroatoms. The lowest BCUT2D eigenvalue weighted by molar-refractivity contribution is 0.203. The Labute approximate surface area is 108 Å². The van der Waals surface area contributed by atoms with Crippen molar-refractivity contribution in [1.82, 2.24) is 10.2 Å². The number of nitrogens with zero attached hydrogens (tertiary/aromatic N) is 1. The minimum absolute atomic E-state index is 0.0120. The van der Waals surface area contributed by atoms with E-state index >= 15 is 0 Å².